The third-order valence-electron chi connectivity index (χ3n) is 0. The molecule has 0 fully saturated rings. The van der Waals surface area contributed by atoms with E-state index < -0.39 is 10.9 Å². The van der Waals surface area contributed by atoms with Crippen molar-refractivity contribution in [2.45, 2.75) is 0 Å². The van der Waals surface area contributed by atoms with E-state index in [1.165, 1.54) is 0 Å². The summed E-state index contributed by atoms with van der Waals surface area (Å²) in [6.45, 7) is 0. The van der Waals surface area contributed by atoms with Gasteiger partial charge in [0, 0.05) is 0 Å². The fourth-order valence-corrected chi connectivity index (χ4v) is 0. The molecule has 4 heavy (non-hydrogen) atoms. The van der Waals surface area contributed by atoms with Gasteiger partial charge in [0.2, 0.25) is 0 Å². The molecule has 0 radical (unpaired) electrons. The second-order valence-electron chi connectivity index (χ2n) is 0.143. The number of halogens is 3. The molecule has 0 spiro atoms. The second-order valence-corrected chi connectivity index (χ2v) is 5.30. The van der Waals surface area contributed by atoms with Crippen LogP contribution < -0.4 is 0 Å². The van der Waals surface area contributed by atoms with Gasteiger partial charge in [-0.1, -0.05) is 0 Å². The zero-order valence-corrected chi connectivity index (χ0v) is 4.78. The van der Waals surface area contributed by atoms with Crippen LogP contribution in [-0.2, 0) is 10.9 Å². The van der Waals surface area contributed by atoms with Crippen molar-refractivity contribution < 1.29 is 10.9 Å². The molecule has 0 aliphatic carbocycles. The summed E-state index contributed by atoms with van der Waals surface area (Å²) in [7, 11) is 13.4. The Morgan fingerprint density at radius 1 is 1.00 bits per heavy atom. The Kier molecular flexibility index (Phi) is 3.50. The number of hydrogen-bond donors (Lipinski definition) is 0. The maximum atomic E-state index is 4.87. The second kappa shape index (κ2) is 2.60. The molecule has 0 aromatic heterocycles. The standard InChI is InChI=1S/3ClH.Co/h3*1H;/q;;;+2/p-3. The summed E-state index contributed by atoms with van der Waals surface area (Å²) in [6, 6.07) is 0. The predicted molar refractivity (Wildman–Crippen MR) is 17.6 cm³/mol. The summed E-state index contributed by atoms with van der Waals surface area (Å²) in [4.78, 5) is 0. The topological polar surface area (TPSA) is 0 Å². The fourth-order valence-electron chi connectivity index (χ4n) is 0. The van der Waals surface area contributed by atoms with Gasteiger partial charge in [-0.3, -0.25) is 0 Å². The van der Waals surface area contributed by atoms with Crippen molar-refractivity contribution in [3.05, 3.63) is 0 Å². The first-order valence-corrected chi connectivity index (χ1v) is 4.68. The monoisotopic (exact) mass is 164 g/mol. The van der Waals surface area contributed by atoms with Gasteiger partial charge in [-0.2, -0.15) is 0 Å². The minimum atomic E-state index is -1.19. The Bertz CT molecular complexity index is 8.00. The first-order chi connectivity index (χ1) is 1.73. The van der Waals surface area contributed by atoms with Gasteiger partial charge in [-0.25, -0.2) is 0 Å². The molecule has 0 rings (SSSR count). The molecule has 0 atom stereocenters. The number of rotatable bonds is 0. The van der Waals surface area contributed by atoms with Crippen LogP contribution in [0.4, 0.5) is 0 Å². The van der Waals surface area contributed by atoms with Gasteiger partial charge in [-0.15, -0.1) is 0 Å². The van der Waals surface area contributed by atoms with Gasteiger partial charge in [0.1, 0.15) is 0 Å². The van der Waals surface area contributed by atoms with Gasteiger partial charge in [0.15, 0.2) is 0 Å². The van der Waals surface area contributed by atoms with Gasteiger partial charge in [0.05, 0.1) is 0 Å². The van der Waals surface area contributed by atoms with Crippen LogP contribution in [0, 0.1) is 0 Å². The van der Waals surface area contributed by atoms with E-state index in [0.717, 1.165) is 0 Å². The minimum absolute atomic E-state index is 1.19. The molecule has 0 aliphatic heterocycles. The summed E-state index contributed by atoms with van der Waals surface area (Å²) in [6.07, 6.45) is 0. The van der Waals surface area contributed by atoms with Crippen LogP contribution in [-0.4, -0.2) is 0 Å². The van der Waals surface area contributed by atoms with Crippen LogP contribution in [0.1, 0.15) is 0 Å². The maximum absolute atomic E-state index is 4.87. The van der Waals surface area contributed by atoms with Gasteiger partial charge in [0.25, 0.3) is 0 Å². The molecule has 0 aromatic carbocycles. The molecule has 31 valence electrons. The third kappa shape index (κ3) is 10.1. The van der Waals surface area contributed by atoms with E-state index in [4.69, 9.17) is 30.4 Å². The van der Waals surface area contributed by atoms with E-state index in [0.29, 0.717) is 0 Å². The van der Waals surface area contributed by atoms with E-state index in [2.05, 4.69) is 0 Å². The molecule has 4 heteroatoms. The van der Waals surface area contributed by atoms with Crippen molar-refractivity contribution in [1.82, 2.24) is 0 Å². The van der Waals surface area contributed by atoms with E-state index in [9.17, 15) is 0 Å². The van der Waals surface area contributed by atoms with Crippen LogP contribution in [0.25, 0.3) is 0 Å². The molecule has 0 aliphatic rings. The summed E-state index contributed by atoms with van der Waals surface area (Å²) in [5.74, 6) is 0. The fraction of sp³-hybridized carbons (Fsp3) is 0. The Hall–Kier alpha value is 1.38. The Morgan fingerprint density at radius 3 is 1.00 bits per heavy atom. The van der Waals surface area contributed by atoms with E-state index >= 15 is 0 Å². The molecule has 0 saturated carbocycles. The molecule has 0 heterocycles. The molecule has 0 amide bonds. The molecule has 0 nitrogen and oxygen atoms in total. The molecule has 0 N–H and O–H groups in total. The van der Waals surface area contributed by atoms with Crippen molar-refractivity contribution in [3.63, 3.8) is 0 Å². The summed E-state index contributed by atoms with van der Waals surface area (Å²) in [5.41, 5.74) is 0. The molecule has 0 bridgehead atoms. The zero-order chi connectivity index (χ0) is 3.58. The SMILES string of the molecule is [Cl][Co-]([Cl])[Cl]. The molecular weight excluding hydrogens is 165 g/mol. The zero-order valence-electron chi connectivity index (χ0n) is 1.47. The van der Waals surface area contributed by atoms with Crippen LogP contribution in [0.15, 0.2) is 0 Å². The van der Waals surface area contributed by atoms with Gasteiger partial charge >= 0.3 is 41.4 Å². The van der Waals surface area contributed by atoms with Crippen LogP contribution in [0.2, 0.25) is 0 Å². The summed E-state index contributed by atoms with van der Waals surface area (Å²) >= 11 is 0. The summed E-state index contributed by atoms with van der Waals surface area (Å²) < 4.78 is 0. The first kappa shape index (κ1) is 5.38. The quantitative estimate of drug-likeness (QED) is 0.515. The number of hydrogen-bond acceptors (Lipinski definition) is 0. The molecule has 0 unspecified atom stereocenters. The van der Waals surface area contributed by atoms with E-state index in [1.807, 2.05) is 0 Å². The van der Waals surface area contributed by atoms with Crippen LogP contribution in [0.3, 0.4) is 0 Å². The van der Waals surface area contributed by atoms with Crippen molar-refractivity contribution in [3.8, 4) is 0 Å². The van der Waals surface area contributed by atoms with Crippen molar-refractivity contribution in [2.75, 3.05) is 0 Å². The molecular formula is Cl3Co-. The molecule has 0 saturated heterocycles. The van der Waals surface area contributed by atoms with E-state index in [1.54, 1.807) is 0 Å². The molecule has 0 aromatic rings. The predicted octanol–water partition coefficient (Wildman–Crippen LogP) is 2.07. The Balaban J connectivity index is 2.32. The van der Waals surface area contributed by atoms with Gasteiger partial charge < -0.3 is 0 Å². The first-order valence-electron chi connectivity index (χ1n) is 0.378. The van der Waals surface area contributed by atoms with Crippen molar-refractivity contribution in [2.24, 2.45) is 0 Å². The van der Waals surface area contributed by atoms with Crippen LogP contribution in [0.5, 0.6) is 0 Å². The Labute approximate surface area is 41.5 Å². The average molecular weight is 165 g/mol. The van der Waals surface area contributed by atoms with Crippen molar-refractivity contribution >= 4 is 30.4 Å². The van der Waals surface area contributed by atoms with E-state index in [-0.39, 0.29) is 0 Å². The van der Waals surface area contributed by atoms with Crippen molar-refractivity contribution in [1.29, 1.82) is 0 Å². The van der Waals surface area contributed by atoms with Gasteiger partial charge in [-0.05, 0) is 0 Å². The summed E-state index contributed by atoms with van der Waals surface area (Å²) in [5, 5.41) is 0. The van der Waals surface area contributed by atoms with Crippen LogP contribution >= 0.6 is 30.4 Å². The Morgan fingerprint density at radius 2 is 1.00 bits per heavy atom. The normalized spacial score (nSPS) is 11.2. The third-order valence-corrected chi connectivity index (χ3v) is 0. The average Bonchev–Trinajstić information content (AvgIpc) is 0.811.